The lowest BCUT2D eigenvalue weighted by Crippen LogP contribution is -2.28. The maximum atomic E-state index is 12.7. The van der Waals surface area contributed by atoms with Crippen LogP contribution in [0, 0.1) is 0 Å². The lowest BCUT2D eigenvalue weighted by molar-refractivity contribution is -0.154. The van der Waals surface area contributed by atoms with Gasteiger partial charge in [0, 0.05) is 19.6 Å². The average Bonchev–Trinajstić information content (AvgIpc) is 3.35. The molecule has 0 aromatic rings. The molecule has 0 radical (unpaired) electrons. The molecule has 70 heavy (non-hydrogen) atoms. The van der Waals surface area contributed by atoms with E-state index >= 15 is 0 Å². The summed E-state index contributed by atoms with van der Waals surface area (Å²) in [7, 11) is -4.29. The number of allylic oxidation sites excluding steroid dienone is 8. The van der Waals surface area contributed by atoms with Gasteiger partial charge in [0.1, 0.15) is 6.10 Å². The van der Waals surface area contributed by atoms with Gasteiger partial charge < -0.3 is 20.1 Å². The summed E-state index contributed by atoms with van der Waals surface area (Å²) in [5, 5.41) is 0. The number of hydrogen-bond acceptors (Lipinski definition) is 7. The molecule has 2 atom stereocenters. The first-order valence-electron chi connectivity index (χ1n) is 30.1. The predicted molar refractivity (Wildman–Crippen MR) is 303 cm³/mol. The third-order valence-electron chi connectivity index (χ3n) is 13.2. The molecule has 0 aromatic heterocycles. The molecule has 3 N–H and O–H groups in total. The van der Waals surface area contributed by atoms with Crippen LogP contribution >= 0.6 is 7.82 Å². The zero-order chi connectivity index (χ0) is 50.8. The van der Waals surface area contributed by atoms with Crippen molar-refractivity contribution in [3.63, 3.8) is 0 Å². The van der Waals surface area contributed by atoms with Gasteiger partial charge in [0.05, 0.1) is 19.8 Å². The molecular formula is C61H116NO7P. The molecule has 2 unspecified atom stereocenters. The van der Waals surface area contributed by atoms with Crippen molar-refractivity contribution in [3.05, 3.63) is 48.6 Å². The van der Waals surface area contributed by atoms with Crippen molar-refractivity contribution in [1.29, 1.82) is 0 Å². The Kier molecular flexibility index (Phi) is 57.1. The number of unbranched alkanes of at least 4 members (excludes halogenated alkanes) is 37. The fourth-order valence-electron chi connectivity index (χ4n) is 8.77. The van der Waals surface area contributed by atoms with E-state index in [1.165, 1.54) is 231 Å². The molecule has 0 aliphatic carbocycles. The number of ether oxygens (including phenoxy) is 2. The first-order valence-corrected chi connectivity index (χ1v) is 31.6. The van der Waals surface area contributed by atoms with E-state index in [-0.39, 0.29) is 32.3 Å². The number of phosphoric ester groups is 1. The van der Waals surface area contributed by atoms with Crippen LogP contribution in [0.3, 0.4) is 0 Å². The van der Waals surface area contributed by atoms with Crippen molar-refractivity contribution < 1.29 is 32.8 Å². The number of carbonyl (C=O) groups excluding carboxylic acids is 1. The van der Waals surface area contributed by atoms with Gasteiger partial charge in [0.2, 0.25) is 0 Å². The summed E-state index contributed by atoms with van der Waals surface area (Å²) in [6, 6.07) is 0. The summed E-state index contributed by atoms with van der Waals surface area (Å²) in [5.74, 6) is -0.330. The summed E-state index contributed by atoms with van der Waals surface area (Å²) in [6.45, 7) is 4.96. The van der Waals surface area contributed by atoms with Gasteiger partial charge in [0.25, 0.3) is 0 Å². The maximum Gasteiger partial charge on any atom is 0.472 e. The van der Waals surface area contributed by atoms with Gasteiger partial charge in [-0.2, -0.15) is 0 Å². The molecule has 0 amide bonds. The second kappa shape index (κ2) is 58.4. The van der Waals surface area contributed by atoms with Crippen LogP contribution in [0.5, 0.6) is 0 Å². The molecule has 0 rings (SSSR count). The van der Waals surface area contributed by atoms with Crippen molar-refractivity contribution in [2.75, 3.05) is 33.0 Å². The van der Waals surface area contributed by atoms with E-state index in [2.05, 4.69) is 62.5 Å². The topological polar surface area (TPSA) is 117 Å². The minimum absolute atomic E-state index is 0.0961. The Labute approximate surface area is 434 Å². The van der Waals surface area contributed by atoms with E-state index in [4.69, 9.17) is 24.3 Å². The molecule has 0 aromatic carbocycles. The summed E-state index contributed by atoms with van der Waals surface area (Å²) in [5.41, 5.74) is 5.41. The smallest absolute Gasteiger partial charge is 0.457 e. The lowest BCUT2D eigenvalue weighted by Gasteiger charge is -2.20. The molecule has 412 valence electrons. The van der Waals surface area contributed by atoms with Crippen LogP contribution in [0.2, 0.25) is 0 Å². The Bertz CT molecular complexity index is 1220. The molecule has 0 heterocycles. The third kappa shape index (κ3) is 57.4. The van der Waals surface area contributed by atoms with E-state index in [1.54, 1.807) is 0 Å². The van der Waals surface area contributed by atoms with Crippen LogP contribution in [0.25, 0.3) is 0 Å². The van der Waals surface area contributed by atoms with Gasteiger partial charge in [-0.05, 0) is 77.0 Å². The van der Waals surface area contributed by atoms with Crippen molar-refractivity contribution in [3.8, 4) is 0 Å². The van der Waals surface area contributed by atoms with Gasteiger partial charge >= 0.3 is 13.8 Å². The van der Waals surface area contributed by atoms with Crippen molar-refractivity contribution in [1.82, 2.24) is 0 Å². The molecule has 9 heteroatoms. The summed E-state index contributed by atoms with van der Waals surface area (Å²) >= 11 is 0. The molecular weight excluding hydrogens is 890 g/mol. The number of phosphoric acid groups is 1. The Balaban J connectivity index is 3.86. The first kappa shape index (κ1) is 68.5. The molecule has 0 fully saturated rings. The predicted octanol–water partition coefficient (Wildman–Crippen LogP) is 19.4. The van der Waals surface area contributed by atoms with E-state index in [1.807, 2.05) is 0 Å². The normalized spacial score (nSPS) is 13.5. The van der Waals surface area contributed by atoms with Gasteiger partial charge in [-0.15, -0.1) is 0 Å². The third-order valence-corrected chi connectivity index (χ3v) is 14.2. The van der Waals surface area contributed by atoms with Crippen molar-refractivity contribution in [2.24, 2.45) is 5.73 Å². The van der Waals surface area contributed by atoms with Gasteiger partial charge in [-0.25, -0.2) is 4.57 Å². The van der Waals surface area contributed by atoms with Crippen LogP contribution in [0.4, 0.5) is 0 Å². The molecule has 0 aliphatic rings. The van der Waals surface area contributed by atoms with Crippen LogP contribution in [0.15, 0.2) is 48.6 Å². The fourth-order valence-corrected chi connectivity index (χ4v) is 9.53. The van der Waals surface area contributed by atoms with Crippen LogP contribution in [-0.2, 0) is 27.9 Å². The standard InChI is InChI=1S/C61H116NO7P/c1-3-5-7-9-11-13-15-17-19-21-23-25-27-29-31-33-35-37-39-41-43-45-47-49-51-53-56-66-58-60(59-68-70(64,65)67-57-55-62)69-61(63)54-52-50-48-46-44-42-40-38-36-34-32-30-28-26-24-22-20-18-16-14-12-10-8-6-4-2/h16,18,21-24,28,30,60H,3-15,17,19-20,25-27,29,31-59,62H2,1-2H3,(H,64,65)/b18-16-,23-21-,24-22-,30-28-. The zero-order valence-corrected chi connectivity index (χ0v) is 47.2. The molecule has 0 saturated heterocycles. The highest BCUT2D eigenvalue weighted by Crippen LogP contribution is 2.43. The first-order chi connectivity index (χ1) is 34.4. The molecule has 0 aliphatic heterocycles. The fraction of sp³-hybridized carbons (Fsp3) is 0.852. The second-order valence-corrected chi connectivity index (χ2v) is 21.7. The van der Waals surface area contributed by atoms with Gasteiger partial charge in [-0.1, -0.05) is 262 Å². The highest BCUT2D eigenvalue weighted by molar-refractivity contribution is 7.47. The Morgan fingerprint density at radius 3 is 1.14 bits per heavy atom. The number of carbonyl (C=O) groups is 1. The van der Waals surface area contributed by atoms with Crippen LogP contribution in [0.1, 0.15) is 296 Å². The SMILES string of the molecule is CCCCCCC/C=C\C/C=C\C/C=C\CCCCCCCCCCCCC(=O)OC(COCCCCCCCCCCCCCCCC/C=C\CCCCCCCCCC)COP(=O)(O)OCCN. The minimum atomic E-state index is -4.29. The van der Waals surface area contributed by atoms with Crippen molar-refractivity contribution in [2.45, 2.75) is 302 Å². The number of hydrogen-bond donors (Lipinski definition) is 2. The van der Waals surface area contributed by atoms with Crippen molar-refractivity contribution >= 4 is 13.8 Å². The monoisotopic (exact) mass is 1010 g/mol. The van der Waals surface area contributed by atoms with Gasteiger partial charge in [0.15, 0.2) is 0 Å². The maximum absolute atomic E-state index is 12.7. The number of nitrogens with two attached hydrogens (primary N) is 1. The molecule has 8 nitrogen and oxygen atoms in total. The Morgan fingerprint density at radius 1 is 0.429 bits per heavy atom. The summed E-state index contributed by atoms with van der Waals surface area (Å²) in [6.07, 6.45) is 73.1. The number of rotatable bonds is 58. The second-order valence-electron chi connectivity index (χ2n) is 20.2. The van der Waals surface area contributed by atoms with E-state index in [9.17, 15) is 14.3 Å². The quantitative estimate of drug-likeness (QED) is 0.0268. The Hall–Kier alpha value is -1.54. The van der Waals surface area contributed by atoms with E-state index < -0.39 is 13.9 Å². The van der Waals surface area contributed by atoms with Crippen LogP contribution < -0.4 is 5.73 Å². The largest absolute Gasteiger partial charge is 0.472 e. The Morgan fingerprint density at radius 2 is 0.757 bits per heavy atom. The van der Waals surface area contributed by atoms with E-state index in [0.717, 1.165) is 44.9 Å². The highest BCUT2D eigenvalue weighted by atomic mass is 31.2. The summed E-state index contributed by atoms with van der Waals surface area (Å²) < 4.78 is 33.7. The average molecular weight is 1010 g/mol. The molecule has 0 saturated carbocycles. The summed E-state index contributed by atoms with van der Waals surface area (Å²) in [4.78, 5) is 22.7. The lowest BCUT2D eigenvalue weighted by atomic mass is 10.0. The number of esters is 1. The van der Waals surface area contributed by atoms with Crippen LogP contribution in [-0.4, -0.2) is 49.9 Å². The zero-order valence-electron chi connectivity index (χ0n) is 46.3. The molecule has 0 spiro atoms. The minimum Gasteiger partial charge on any atom is -0.457 e. The molecule has 0 bridgehead atoms. The van der Waals surface area contributed by atoms with E-state index in [0.29, 0.717) is 13.0 Å². The highest BCUT2D eigenvalue weighted by Gasteiger charge is 2.25. The van der Waals surface area contributed by atoms with Gasteiger partial charge in [-0.3, -0.25) is 13.8 Å².